The van der Waals surface area contributed by atoms with Crippen molar-refractivity contribution in [3.05, 3.63) is 68.9 Å². The van der Waals surface area contributed by atoms with E-state index in [1.807, 2.05) is 36.4 Å². The summed E-state index contributed by atoms with van der Waals surface area (Å²) >= 11 is 12.6. The van der Waals surface area contributed by atoms with Gasteiger partial charge in [0.2, 0.25) is 0 Å². The number of fused-ring (bicyclic) bond motifs is 1. The standard InChI is InChI=1S/C27H33Cl2N5O4/c1-30-31(2)27(36)38-19-34-24-18-21(10-8-20(24)9-11-25(34)35)37-17-4-3-12-32-13-15-33(16-14-32)23-7-5-6-22(28)26(23)29/h5-11,18,30H,3-4,12-17,19H2,1-2H3. The lowest BCUT2D eigenvalue weighted by molar-refractivity contribution is 0.0723. The van der Waals surface area contributed by atoms with Crippen molar-refractivity contribution in [2.45, 2.75) is 19.6 Å². The number of hydrogen-bond acceptors (Lipinski definition) is 7. The van der Waals surface area contributed by atoms with Gasteiger partial charge < -0.3 is 14.4 Å². The molecule has 0 radical (unpaired) electrons. The first-order valence-electron chi connectivity index (χ1n) is 12.6. The third kappa shape index (κ3) is 6.91. The molecule has 0 atom stereocenters. The second-order valence-corrected chi connectivity index (χ2v) is 9.88. The molecule has 2 aromatic carbocycles. The monoisotopic (exact) mass is 561 g/mol. The average Bonchev–Trinajstić information content (AvgIpc) is 2.93. The molecule has 9 nitrogen and oxygen atoms in total. The lowest BCUT2D eigenvalue weighted by atomic mass is 10.2. The van der Waals surface area contributed by atoms with Gasteiger partial charge in [0.05, 0.1) is 27.9 Å². The first kappa shape index (κ1) is 28.0. The van der Waals surface area contributed by atoms with Crippen molar-refractivity contribution >= 4 is 45.9 Å². The lowest BCUT2D eigenvalue weighted by Crippen LogP contribution is -2.46. The summed E-state index contributed by atoms with van der Waals surface area (Å²) in [6, 6.07) is 14.6. The summed E-state index contributed by atoms with van der Waals surface area (Å²) in [6.07, 6.45) is 1.34. The normalized spacial score (nSPS) is 14.1. The zero-order valence-corrected chi connectivity index (χ0v) is 23.2. The number of pyridine rings is 1. The largest absolute Gasteiger partial charge is 0.494 e. The fraction of sp³-hybridized carbons (Fsp3) is 0.407. The lowest BCUT2D eigenvalue weighted by Gasteiger charge is -2.36. The minimum atomic E-state index is -0.585. The fourth-order valence-corrected chi connectivity index (χ4v) is 4.79. The first-order valence-corrected chi connectivity index (χ1v) is 13.4. The Hall–Kier alpha value is -2.98. The predicted octanol–water partition coefficient (Wildman–Crippen LogP) is 4.45. The van der Waals surface area contributed by atoms with E-state index in [-0.39, 0.29) is 12.3 Å². The zero-order valence-electron chi connectivity index (χ0n) is 21.7. The third-order valence-corrected chi connectivity index (χ3v) is 7.48. The number of unbranched alkanes of at least 4 members (excludes halogenated alkanes) is 1. The van der Waals surface area contributed by atoms with E-state index in [2.05, 4.69) is 15.2 Å². The Kier molecular flexibility index (Phi) is 9.74. The summed E-state index contributed by atoms with van der Waals surface area (Å²) in [5, 5.41) is 3.25. The molecule has 4 rings (SSSR count). The van der Waals surface area contributed by atoms with Crippen LogP contribution in [0.4, 0.5) is 10.5 Å². The molecule has 1 aliphatic rings. The van der Waals surface area contributed by atoms with Crippen LogP contribution in [0.3, 0.4) is 0 Å². The van der Waals surface area contributed by atoms with Gasteiger partial charge in [0.1, 0.15) is 5.75 Å². The van der Waals surface area contributed by atoms with Gasteiger partial charge in [-0.3, -0.25) is 14.3 Å². The number of benzene rings is 2. The van der Waals surface area contributed by atoms with Gasteiger partial charge in [-0.15, -0.1) is 0 Å². The second-order valence-electron chi connectivity index (χ2n) is 9.10. The summed E-state index contributed by atoms with van der Waals surface area (Å²) in [5.41, 5.74) is 4.05. The van der Waals surface area contributed by atoms with E-state index < -0.39 is 6.09 Å². The number of amides is 1. The SMILES string of the molecule is CNN(C)C(=O)OCn1c(=O)ccc2ccc(OCCCCN3CCN(c4cccc(Cl)c4Cl)CC3)cc21. The Morgan fingerprint density at radius 1 is 1.05 bits per heavy atom. The van der Waals surface area contributed by atoms with E-state index in [1.165, 1.54) is 22.7 Å². The van der Waals surface area contributed by atoms with Crippen molar-refractivity contribution in [3.8, 4) is 5.75 Å². The highest BCUT2D eigenvalue weighted by Gasteiger charge is 2.19. The molecule has 38 heavy (non-hydrogen) atoms. The van der Waals surface area contributed by atoms with E-state index in [9.17, 15) is 9.59 Å². The number of halogens is 2. The average molecular weight is 562 g/mol. The minimum absolute atomic E-state index is 0.193. The molecular weight excluding hydrogens is 529 g/mol. The molecule has 0 bridgehead atoms. The molecule has 0 spiro atoms. The van der Waals surface area contributed by atoms with Crippen molar-refractivity contribution < 1.29 is 14.3 Å². The van der Waals surface area contributed by atoms with Crippen LogP contribution in [0.15, 0.2) is 53.3 Å². The maximum atomic E-state index is 12.5. The van der Waals surface area contributed by atoms with Crippen LogP contribution < -0.4 is 20.6 Å². The molecule has 1 aromatic heterocycles. The van der Waals surface area contributed by atoms with Crippen molar-refractivity contribution in [1.82, 2.24) is 19.9 Å². The number of rotatable bonds is 10. The number of nitrogens with zero attached hydrogens (tertiary/aromatic N) is 4. The summed E-state index contributed by atoms with van der Waals surface area (Å²) in [5.74, 6) is 0.669. The van der Waals surface area contributed by atoms with Crippen LogP contribution in [0.5, 0.6) is 5.75 Å². The Bertz CT molecular complexity index is 1310. The van der Waals surface area contributed by atoms with Crippen LogP contribution in [-0.4, -0.2) is 74.0 Å². The number of nitrogens with one attached hydrogen (secondary N) is 1. The number of carbonyl (C=O) groups excluding carboxylic acids is 1. The number of aromatic nitrogens is 1. The minimum Gasteiger partial charge on any atom is -0.494 e. The Morgan fingerprint density at radius 2 is 1.82 bits per heavy atom. The fourth-order valence-electron chi connectivity index (χ4n) is 4.38. The van der Waals surface area contributed by atoms with Gasteiger partial charge in [-0.25, -0.2) is 15.2 Å². The molecule has 1 fully saturated rings. The van der Waals surface area contributed by atoms with E-state index in [4.69, 9.17) is 32.7 Å². The van der Waals surface area contributed by atoms with Crippen LogP contribution in [-0.2, 0) is 11.5 Å². The quantitative estimate of drug-likeness (QED) is 0.289. The van der Waals surface area contributed by atoms with Gasteiger partial charge in [-0.2, -0.15) is 0 Å². The van der Waals surface area contributed by atoms with E-state index >= 15 is 0 Å². The predicted molar refractivity (Wildman–Crippen MR) is 151 cm³/mol. The molecule has 1 aliphatic heterocycles. The number of carbonyl (C=O) groups is 1. The molecule has 204 valence electrons. The van der Waals surface area contributed by atoms with E-state index in [0.717, 1.165) is 56.6 Å². The first-order chi connectivity index (χ1) is 18.4. The van der Waals surface area contributed by atoms with Gasteiger partial charge >= 0.3 is 6.09 Å². The van der Waals surface area contributed by atoms with Crippen LogP contribution in [0.2, 0.25) is 10.0 Å². The summed E-state index contributed by atoms with van der Waals surface area (Å²) in [6.45, 7) is 5.15. The molecule has 0 saturated carbocycles. The number of anilines is 1. The molecule has 1 amide bonds. The molecular formula is C27H33Cl2N5O4. The van der Waals surface area contributed by atoms with Gasteiger partial charge in [-0.1, -0.05) is 29.3 Å². The highest BCUT2D eigenvalue weighted by molar-refractivity contribution is 6.43. The molecule has 1 saturated heterocycles. The van der Waals surface area contributed by atoms with E-state index in [1.54, 1.807) is 13.1 Å². The van der Waals surface area contributed by atoms with Crippen LogP contribution in [0.1, 0.15) is 12.8 Å². The Labute approximate surface area is 232 Å². The maximum Gasteiger partial charge on any atom is 0.425 e. The molecule has 11 heteroatoms. The molecule has 0 unspecified atom stereocenters. The van der Waals surface area contributed by atoms with Crippen LogP contribution in [0.25, 0.3) is 10.9 Å². The smallest absolute Gasteiger partial charge is 0.425 e. The summed E-state index contributed by atoms with van der Waals surface area (Å²) in [4.78, 5) is 29.2. The zero-order chi connectivity index (χ0) is 27.1. The van der Waals surface area contributed by atoms with Gasteiger partial charge in [0, 0.05) is 52.4 Å². The van der Waals surface area contributed by atoms with Crippen molar-refractivity contribution in [2.75, 3.05) is 58.3 Å². The van der Waals surface area contributed by atoms with Gasteiger partial charge in [0.15, 0.2) is 6.73 Å². The summed E-state index contributed by atoms with van der Waals surface area (Å²) in [7, 11) is 3.14. The number of hydrazine groups is 1. The van der Waals surface area contributed by atoms with Crippen molar-refractivity contribution in [3.63, 3.8) is 0 Å². The molecule has 1 N–H and O–H groups in total. The molecule has 3 aromatic rings. The highest BCUT2D eigenvalue weighted by atomic mass is 35.5. The Balaban J connectivity index is 1.24. The number of ether oxygens (including phenoxy) is 2. The Morgan fingerprint density at radius 3 is 2.58 bits per heavy atom. The third-order valence-electron chi connectivity index (χ3n) is 6.67. The highest BCUT2D eigenvalue weighted by Crippen LogP contribution is 2.32. The van der Waals surface area contributed by atoms with Gasteiger partial charge in [-0.05, 0) is 55.1 Å². The molecule has 0 aliphatic carbocycles. The molecule has 2 heterocycles. The van der Waals surface area contributed by atoms with Crippen LogP contribution in [0, 0.1) is 0 Å². The topological polar surface area (TPSA) is 79.3 Å². The van der Waals surface area contributed by atoms with Crippen molar-refractivity contribution in [2.24, 2.45) is 0 Å². The summed E-state index contributed by atoms with van der Waals surface area (Å²) < 4.78 is 12.6. The second kappa shape index (κ2) is 13.2. The van der Waals surface area contributed by atoms with Crippen molar-refractivity contribution in [1.29, 1.82) is 0 Å². The maximum absolute atomic E-state index is 12.5. The van der Waals surface area contributed by atoms with Gasteiger partial charge in [0.25, 0.3) is 5.56 Å². The van der Waals surface area contributed by atoms with E-state index in [0.29, 0.717) is 27.9 Å². The number of piperazine rings is 1. The van der Waals surface area contributed by atoms with Crippen LogP contribution >= 0.6 is 23.2 Å². The number of hydrogen-bond donors (Lipinski definition) is 1.